The zero-order valence-electron chi connectivity index (χ0n) is 13.5. The molecule has 0 bridgehead atoms. The third-order valence-electron chi connectivity index (χ3n) is 4.43. The number of rotatable bonds is 6. The molecule has 0 radical (unpaired) electrons. The molecule has 122 valence electrons. The second-order valence-corrected chi connectivity index (χ2v) is 6.34. The predicted molar refractivity (Wildman–Crippen MR) is 92.6 cm³/mol. The van der Waals surface area contributed by atoms with Crippen LogP contribution in [0.1, 0.15) is 31.2 Å². The molecule has 2 aromatic carbocycles. The highest BCUT2D eigenvalue weighted by atomic mass is 16.5. The van der Waals surface area contributed by atoms with Gasteiger partial charge in [-0.1, -0.05) is 36.4 Å². The molecule has 0 aliphatic heterocycles. The van der Waals surface area contributed by atoms with Crippen LogP contribution in [-0.4, -0.2) is 12.6 Å². The van der Waals surface area contributed by atoms with Gasteiger partial charge in [0.15, 0.2) is 0 Å². The Morgan fingerprint density at radius 2 is 1.52 bits per heavy atom. The quantitative estimate of drug-likeness (QED) is 0.871. The van der Waals surface area contributed by atoms with Crippen LogP contribution in [0, 0.1) is 5.92 Å². The molecule has 0 unspecified atom stereocenters. The van der Waals surface area contributed by atoms with Crippen LogP contribution in [0.25, 0.3) is 0 Å². The van der Waals surface area contributed by atoms with Crippen LogP contribution in [0.4, 0.5) is 0 Å². The first-order valence-electron chi connectivity index (χ1n) is 8.45. The van der Waals surface area contributed by atoms with Gasteiger partial charge in [0.05, 0.1) is 6.61 Å². The third kappa shape index (κ3) is 5.00. The fourth-order valence-electron chi connectivity index (χ4n) is 2.96. The van der Waals surface area contributed by atoms with Crippen LogP contribution in [0.3, 0.4) is 0 Å². The molecule has 23 heavy (non-hydrogen) atoms. The van der Waals surface area contributed by atoms with E-state index in [9.17, 15) is 0 Å². The summed E-state index contributed by atoms with van der Waals surface area (Å²) in [4.78, 5) is 0. The van der Waals surface area contributed by atoms with Gasteiger partial charge in [0.1, 0.15) is 18.1 Å². The number of hydrogen-bond donors (Lipinski definition) is 1. The molecule has 2 aromatic rings. The van der Waals surface area contributed by atoms with E-state index in [-0.39, 0.29) is 0 Å². The van der Waals surface area contributed by atoms with Gasteiger partial charge in [-0.25, -0.2) is 0 Å². The molecule has 3 heteroatoms. The summed E-state index contributed by atoms with van der Waals surface area (Å²) in [5.74, 6) is 2.35. The molecule has 0 aromatic heterocycles. The van der Waals surface area contributed by atoms with Gasteiger partial charge in [0, 0.05) is 12.1 Å². The van der Waals surface area contributed by atoms with Crippen molar-refractivity contribution >= 4 is 0 Å². The molecule has 1 saturated carbocycles. The summed E-state index contributed by atoms with van der Waals surface area (Å²) in [6.45, 7) is 1.35. The molecular weight excluding hydrogens is 286 g/mol. The van der Waals surface area contributed by atoms with Crippen LogP contribution in [0.5, 0.6) is 11.5 Å². The van der Waals surface area contributed by atoms with Gasteiger partial charge in [0.2, 0.25) is 0 Å². The van der Waals surface area contributed by atoms with Gasteiger partial charge in [0.25, 0.3) is 0 Å². The fraction of sp³-hybridized carbons (Fsp3) is 0.400. The average Bonchev–Trinajstić information content (AvgIpc) is 2.61. The zero-order chi connectivity index (χ0) is 15.9. The molecular formula is C20H25NO2. The lowest BCUT2D eigenvalue weighted by Gasteiger charge is -2.25. The minimum atomic E-state index is 0.390. The van der Waals surface area contributed by atoms with Crippen molar-refractivity contribution < 1.29 is 9.47 Å². The van der Waals surface area contributed by atoms with Crippen LogP contribution in [0.15, 0.2) is 54.6 Å². The molecule has 0 amide bonds. The normalized spacial score (nSPS) is 20.9. The second kappa shape index (κ2) is 8.02. The first-order valence-corrected chi connectivity index (χ1v) is 8.45. The van der Waals surface area contributed by atoms with E-state index in [1.54, 1.807) is 0 Å². The first kappa shape index (κ1) is 15.9. The van der Waals surface area contributed by atoms with Crippen molar-refractivity contribution in [3.05, 3.63) is 60.2 Å². The Hall–Kier alpha value is -2.00. The molecule has 0 saturated heterocycles. The van der Waals surface area contributed by atoms with Gasteiger partial charge >= 0.3 is 0 Å². The fourth-order valence-corrected chi connectivity index (χ4v) is 2.96. The molecule has 3 nitrogen and oxygen atoms in total. The molecule has 1 aliphatic carbocycles. The zero-order valence-corrected chi connectivity index (χ0v) is 13.5. The minimum absolute atomic E-state index is 0.390. The summed E-state index contributed by atoms with van der Waals surface area (Å²) in [6, 6.07) is 18.5. The van der Waals surface area contributed by atoms with E-state index < -0.39 is 0 Å². The second-order valence-electron chi connectivity index (χ2n) is 6.34. The van der Waals surface area contributed by atoms with Crippen LogP contribution >= 0.6 is 0 Å². The lowest BCUT2D eigenvalue weighted by atomic mass is 9.87. The maximum atomic E-state index is 5.95. The van der Waals surface area contributed by atoms with Crippen molar-refractivity contribution in [1.29, 1.82) is 0 Å². The summed E-state index contributed by atoms with van der Waals surface area (Å²) in [6.07, 6.45) is 4.58. The standard InChI is InChI=1S/C20H25NO2/c21-18-11-9-17(10-12-18)15-23-20-8-4-7-19(13-20)22-14-16-5-2-1-3-6-16/h1-8,13,17-18H,9-12,14-15,21H2. The molecule has 3 rings (SSSR count). The summed E-state index contributed by atoms with van der Waals surface area (Å²) >= 11 is 0. The smallest absolute Gasteiger partial charge is 0.123 e. The van der Waals surface area contributed by atoms with Crippen LogP contribution in [-0.2, 0) is 6.61 Å². The Kier molecular flexibility index (Phi) is 5.54. The Bertz CT molecular complexity index is 592. The van der Waals surface area contributed by atoms with Gasteiger partial charge in [-0.15, -0.1) is 0 Å². The number of ether oxygens (including phenoxy) is 2. The number of benzene rings is 2. The van der Waals surface area contributed by atoms with Crippen LogP contribution < -0.4 is 15.2 Å². The molecule has 0 spiro atoms. The lowest BCUT2D eigenvalue weighted by Crippen LogP contribution is -2.28. The molecule has 2 N–H and O–H groups in total. The number of nitrogens with two attached hydrogens (primary N) is 1. The molecule has 0 heterocycles. The van der Waals surface area contributed by atoms with E-state index in [2.05, 4.69) is 12.1 Å². The SMILES string of the molecule is NC1CCC(COc2cccc(OCc3ccccc3)c2)CC1. The highest BCUT2D eigenvalue weighted by Crippen LogP contribution is 2.26. The minimum Gasteiger partial charge on any atom is -0.493 e. The third-order valence-corrected chi connectivity index (χ3v) is 4.43. The maximum absolute atomic E-state index is 5.95. The topological polar surface area (TPSA) is 44.5 Å². The summed E-state index contributed by atoms with van der Waals surface area (Å²) in [5, 5.41) is 0. The van der Waals surface area contributed by atoms with Crippen LogP contribution in [0.2, 0.25) is 0 Å². The van der Waals surface area contributed by atoms with Gasteiger partial charge < -0.3 is 15.2 Å². The van der Waals surface area contributed by atoms with E-state index in [4.69, 9.17) is 15.2 Å². The van der Waals surface area contributed by atoms with Crippen molar-refractivity contribution in [1.82, 2.24) is 0 Å². The summed E-state index contributed by atoms with van der Waals surface area (Å²) < 4.78 is 11.8. The highest BCUT2D eigenvalue weighted by molar-refractivity contribution is 5.33. The van der Waals surface area contributed by atoms with E-state index in [0.29, 0.717) is 18.6 Å². The summed E-state index contributed by atoms with van der Waals surface area (Å²) in [7, 11) is 0. The average molecular weight is 311 g/mol. The van der Waals surface area contributed by atoms with Gasteiger partial charge in [-0.05, 0) is 49.3 Å². The van der Waals surface area contributed by atoms with E-state index in [1.165, 1.54) is 12.8 Å². The lowest BCUT2D eigenvalue weighted by molar-refractivity contribution is 0.199. The van der Waals surface area contributed by atoms with E-state index in [1.807, 2.05) is 42.5 Å². The summed E-state index contributed by atoms with van der Waals surface area (Å²) in [5.41, 5.74) is 7.11. The molecule has 1 fully saturated rings. The molecule has 0 atom stereocenters. The maximum Gasteiger partial charge on any atom is 0.123 e. The highest BCUT2D eigenvalue weighted by Gasteiger charge is 2.18. The monoisotopic (exact) mass is 311 g/mol. The van der Waals surface area contributed by atoms with Crippen molar-refractivity contribution in [3.8, 4) is 11.5 Å². The van der Waals surface area contributed by atoms with Gasteiger partial charge in [-0.3, -0.25) is 0 Å². The van der Waals surface area contributed by atoms with Crippen molar-refractivity contribution in [2.75, 3.05) is 6.61 Å². The Labute approximate surface area is 138 Å². The Morgan fingerprint density at radius 1 is 0.826 bits per heavy atom. The van der Waals surface area contributed by atoms with Crippen molar-refractivity contribution in [2.45, 2.75) is 38.3 Å². The van der Waals surface area contributed by atoms with E-state index >= 15 is 0 Å². The van der Waals surface area contributed by atoms with Gasteiger partial charge in [-0.2, -0.15) is 0 Å². The van der Waals surface area contributed by atoms with Crippen molar-refractivity contribution in [3.63, 3.8) is 0 Å². The number of hydrogen-bond acceptors (Lipinski definition) is 3. The Morgan fingerprint density at radius 3 is 2.26 bits per heavy atom. The first-order chi connectivity index (χ1) is 11.3. The Balaban J connectivity index is 1.49. The largest absolute Gasteiger partial charge is 0.493 e. The molecule has 1 aliphatic rings. The predicted octanol–water partition coefficient (Wildman–Crippen LogP) is 4.16. The van der Waals surface area contributed by atoms with Crippen molar-refractivity contribution in [2.24, 2.45) is 11.7 Å². The van der Waals surface area contributed by atoms with E-state index in [0.717, 1.165) is 36.5 Å².